The number of carboxylic acid groups (broad SMARTS) is 1. The highest BCUT2D eigenvalue weighted by molar-refractivity contribution is 9.09. The molecule has 2 fully saturated rings. The third-order valence-corrected chi connectivity index (χ3v) is 5.35. The van der Waals surface area contributed by atoms with Gasteiger partial charge in [-0.1, -0.05) is 15.9 Å². The van der Waals surface area contributed by atoms with E-state index in [4.69, 9.17) is 5.11 Å². The molecule has 78 valence electrons. The number of nitrogens with zero attached hydrogens (tertiary/aromatic N) is 1. The van der Waals surface area contributed by atoms with E-state index in [0.29, 0.717) is 24.0 Å². The topological polar surface area (TPSA) is 57.6 Å². The summed E-state index contributed by atoms with van der Waals surface area (Å²) >= 11 is 4.80. The van der Waals surface area contributed by atoms with Crippen LogP contribution in [0.5, 0.6) is 0 Å². The zero-order chi connectivity index (χ0) is 10.3. The first-order chi connectivity index (χ1) is 6.59. The highest BCUT2D eigenvalue weighted by Gasteiger charge is 2.51. The van der Waals surface area contributed by atoms with E-state index < -0.39 is 11.4 Å². The molecule has 2 aliphatic heterocycles. The largest absolute Gasteiger partial charge is 0.481 e. The smallest absolute Gasteiger partial charge is 0.313 e. The van der Waals surface area contributed by atoms with E-state index in [9.17, 15) is 9.59 Å². The Morgan fingerprint density at radius 2 is 2.50 bits per heavy atom. The zero-order valence-electron chi connectivity index (χ0n) is 7.40. The molecule has 2 heterocycles. The number of β-lactam (4-membered cyclic amide) rings is 1. The molecular weight excluding hydrogens is 270 g/mol. The summed E-state index contributed by atoms with van der Waals surface area (Å²) in [6.45, 7) is 0.351. The second-order valence-electron chi connectivity index (χ2n) is 3.71. The molecular formula is C8H10BrNO3S. The van der Waals surface area contributed by atoms with Crippen molar-refractivity contribution in [2.75, 3.05) is 17.6 Å². The van der Waals surface area contributed by atoms with Gasteiger partial charge in [0.1, 0.15) is 5.41 Å². The van der Waals surface area contributed by atoms with E-state index in [2.05, 4.69) is 15.9 Å². The van der Waals surface area contributed by atoms with Crippen LogP contribution in [-0.2, 0) is 9.59 Å². The van der Waals surface area contributed by atoms with Crippen LogP contribution in [0.25, 0.3) is 0 Å². The second kappa shape index (κ2) is 3.41. The molecule has 6 heteroatoms. The molecule has 2 atom stereocenters. The fraction of sp³-hybridized carbons (Fsp3) is 0.750. The minimum atomic E-state index is -0.819. The van der Waals surface area contributed by atoms with E-state index >= 15 is 0 Å². The Morgan fingerprint density at radius 1 is 1.79 bits per heavy atom. The summed E-state index contributed by atoms with van der Waals surface area (Å²) in [6, 6.07) is 0. The van der Waals surface area contributed by atoms with Crippen molar-refractivity contribution >= 4 is 39.6 Å². The average molecular weight is 280 g/mol. The predicted molar refractivity (Wildman–Crippen MR) is 56.4 cm³/mol. The maximum Gasteiger partial charge on any atom is 0.313 e. The first kappa shape index (κ1) is 10.3. The van der Waals surface area contributed by atoms with E-state index in [1.165, 1.54) is 0 Å². The van der Waals surface area contributed by atoms with Crippen molar-refractivity contribution in [2.45, 2.75) is 11.8 Å². The third-order valence-electron chi connectivity index (χ3n) is 2.75. The zero-order valence-corrected chi connectivity index (χ0v) is 9.81. The second-order valence-corrected chi connectivity index (χ2v) is 5.44. The molecule has 0 aromatic heterocycles. The molecule has 2 aliphatic rings. The predicted octanol–water partition coefficient (Wildman–Crippen LogP) is 0.758. The molecule has 0 aromatic carbocycles. The fourth-order valence-electron chi connectivity index (χ4n) is 1.66. The number of alkyl halides is 1. The van der Waals surface area contributed by atoms with Crippen LogP contribution in [0.15, 0.2) is 0 Å². The Bertz CT molecular complexity index is 298. The summed E-state index contributed by atoms with van der Waals surface area (Å²) in [7, 11) is 0. The lowest BCUT2D eigenvalue weighted by molar-refractivity contribution is -0.153. The van der Waals surface area contributed by atoms with Gasteiger partial charge in [-0.2, -0.15) is 0 Å². The minimum Gasteiger partial charge on any atom is -0.481 e. The number of carbonyl (C=O) groups is 2. The van der Waals surface area contributed by atoms with Gasteiger partial charge in [-0.25, -0.2) is 0 Å². The van der Waals surface area contributed by atoms with Gasteiger partial charge in [-0.3, -0.25) is 9.59 Å². The average Bonchev–Trinajstić information content (AvgIpc) is 2.16. The van der Waals surface area contributed by atoms with Crippen LogP contribution in [0.1, 0.15) is 6.42 Å². The highest BCUT2D eigenvalue weighted by Crippen LogP contribution is 2.42. The minimum absolute atomic E-state index is 0.0776. The molecule has 0 radical (unpaired) electrons. The van der Waals surface area contributed by atoms with E-state index in [0.717, 1.165) is 0 Å². The van der Waals surface area contributed by atoms with Crippen molar-refractivity contribution in [3.63, 3.8) is 0 Å². The van der Waals surface area contributed by atoms with Gasteiger partial charge in [0.25, 0.3) is 0 Å². The molecule has 0 bridgehead atoms. The summed E-state index contributed by atoms with van der Waals surface area (Å²) in [5.41, 5.74) is -0.794. The fourth-order valence-corrected chi connectivity index (χ4v) is 4.00. The maximum atomic E-state index is 11.2. The van der Waals surface area contributed by atoms with Crippen LogP contribution in [-0.4, -0.2) is 44.9 Å². The van der Waals surface area contributed by atoms with Gasteiger partial charge in [0.05, 0.1) is 11.8 Å². The molecule has 14 heavy (non-hydrogen) atoms. The van der Waals surface area contributed by atoms with Crippen LogP contribution in [0, 0.1) is 5.41 Å². The molecule has 0 aliphatic carbocycles. The Kier molecular flexibility index (Phi) is 2.51. The van der Waals surface area contributed by atoms with Gasteiger partial charge < -0.3 is 10.0 Å². The van der Waals surface area contributed by atoms with Gasteiger partial charge in [0.15, 0.2) is 0 Å². The van der Waals surface area contributed by atoms with Crippen molar-refractivity contribution in [1.29, 1.82) is 0 Å². The Hall–Kier alpha value is -0.230. The first-order valence-corrected chi connectivity index (χ1v) is 6.46. The lowest BCUT2D eigenvalue weighted by Crippen LogP contribution is -2.61. The number of aliphatic carboxylic acids is 1. The van der Waals surface area contributed by atoms with Crippen LogP contribution >= 0.6 is 27.7 Å². The van der Waals surface area contributed by atoms with Crippen molar-refractivity contribution in [2.24, 2.45) is 5.41 Å². The maximum absolute atomic E-state index is 11.2. The van der Waals surface area contributed by atoms with E-state index in [-0.39, 0.29) is 11.3 Å². The number of carboxylic acids is 1. The highest BCUT2D eigenvalue weighted by atomic mass is 79.9. The van der Waals surface area contributed by atoms with Crippen molar-refractivity contribution in [1.82, 2.24) is 4.90 Å². The van der Waals surface area contributed by atoms with Gasteiger partial charge in [-0.15, -0.1) is 11.8 Å². The number of amides is 1. The van der Waals surface area contributed by atoms with Crippen molar-refractivity contribution < 1.29 is 14.7 Å². The van der Waals surface area contributed by atoms with Crippen LogP contribution < -0.4 is 0 Å². The number of thioether (sulfide) groups is 1. The van der Waals surface area contributed by atoms with Gasteiger partial charge in [-0.05, 0) is 0 Å². The van der Waals surface area contributed by atoms with Crippen molar-refractivity contribution in [3.8, 4) is 0 Å². The van der Waals surface area contributed by atoms with Crippen LogP contribution in [0.2, 0.25) is 0 Å². The molecule has 0 saturated carbocycles. The number of hydrogen-bond donors (Lipinski definition) is 1. The van der Waals surface area contributed by atoms with Crippen molar-refractivity contribution in [3.05, 3.63) is 0 Å². The summed E-state index contributed by atoms with van der Waals surface area (Å²) in [4.78, 5) is 24.0. The Labute approximate surface area is 94.1 Å². The molecule has 2 rings (SSSR count). The van der Waals surface area contributed by atoms with Gasteiger partial charge in [0, 0.05) is 17.6 Å². The third kappa shape index (κ3) is 1.35. The van der Waals surface area contributed by atoms with E-state index in [1.807, 2.05) is 0 Å². The number of rotatable bonds is 2. The Balaban J connectivity index is 2.15. The summed E-state index contributed by atoms with van der Waals surface area (Å²) < 4.78 is 0. The lowest BCUT2D eigenvalue weighted by atomic mass is 9.90. The molecule has 0 spiro atoms. The first-order valence-electron chi connectivity index (χ1n) is 4.29. The van der Waals surface area contributed by atoms with Gasteiger partial charge in [0.2, 0.25) is 5.91 Å². The number of hydrogen-bond acceptors (Lipinski definition) is 3. The van der Waals surface area contributed by atoms with Crippen LogP contribution in [0.3, 0.4) is 0 Å². The van der Waals surface area contributed by atoms with E-state index in [1.54, 1.807) is 16.7 Å². The SMILES string of the molecule is O=C1C[C@H]2SCC(CBr)(C(=O)O)CN12. The molecule has 1 N–H and O–H groups in total. The standard InChI is InChI=1S/C8H10BrNO3S/c9-2-8(7(12)13)3-10-5(11)1-6(10)14-4-8/h6H,1-4H2,(H,12,13)/t6-,8?/m1/s1. The number of carbonyl (C=O) groups excluding carboxylic acids is 1. The molecule has 4 nitrogen and oxygen atoms in total. The van der Waals surface area contributed by atoms with Crippen LogP contribution in [0.4, 0.5) is 0 Å². The Morgan fingerprint density at radius 3 is 3.00 bits per heavy atom. The molecule has 1 unspecified atom stereocenters. The lowest BCUT2D eigenvalue weighted by Gasteiger charge is -2.49. The monoisotopic (exact) mass is 279 g/mol. The number of halogens is 1. The summed E-state index contributed by atoms with van der Waals surface area (Å²) in [5, 5.41) is 9.75. The van der Waals surface area contributed by atoms with Gasteiger partial charge >= 0.3 is 5.97 Å². The normalized spacial score (nSPS) is 36.2. The molecule has 0 aromatic rings. The molecule has 2 saturated heterocycles. The molecule has 1 amide bonds. The number of fused-ring (bicyclic) bond motifs is 1. The quantitative estimate of drug-likeness (QED) is 0.599. The summed E-state index contributed by atoms with van der Waals surface area (Å²) in [6.07, 6.45) is 0.572. The summed E-state index contributed by atoms with van der Waals surface area (Å²) in [5.74, 6) is -0.157.